The van der Waals surface area contributed by atoms with Crippen molar-refractivity contribution in [1.29, 1.82) is 0 Å². The Morgan fingerprint density at radius 3 is 2.95 bits per heavy atom. The molecule has 3 N–H and O–H groups in total. The van der Waals surface area contributed by atoms with Crippen LogP contribution < -0.4 is 10.6 Å². The second kappa shape index (κ2) is 5.58. The number of hydrogen-bond donors (Lipinski definition) is 3. The molecular weight excluding hydrogens is 264 g/mol. The number of anilines is 1. The Morgan fingerprint density at radius 1 is 1.29 bits per heavy atom. The maximum atomic E-state index is 12.4. The van der Waals surface area contributed by atoms with Crippen LogP contribution in [0.4, 0.5) is 5.69 Å². The summed E-state index contributed by atoms with van der Waals surface area (Å²) in [7, 11) is 0. The Bertz CT molecular complexity index is 695. The highest BCUT2D eigenvalue weighted by Gasteiger charge is 2.15. The normalized spacial score (nSPS) is 13.6. The van der Waals surface area contributed by atoms with Crippen molar-refractivity contribution >= 4 is 11.6 Å². The predicted molar refractivity (Wildman–Crippen MR) is 82.6 cm³/mol. The van der Waals surface area contributed by atoms with Crippen molar-refractivity contribution in [3.63, 3.8) is 0 Å². The molecule has 0 unspecified atom stereocenters. The largest absolute Gasteiger partial charge is 0.508 e. The maximum Gasteiger partial charge on any atom is 0.255 e. The molecule has 0 aromatic heterocycles. The number of rotatable bonds is 2. The molecule has 1 heterocycles. The Balaban J connectivity index is 1.86. The lowest BCUT2D eigenvalue weighted by Gasteiger charge is -2.20. The van der Waals surface area contributed by atoms with Crippen molar-refractivity contribution in [3.05, 3.63) is 58.7 Å². The van der Waals surface area contributed by atoms with E-state index in [9.17, 15) is 9.90 Å². The summed E-state index contributed by atoms with van der Waals surface area (Å²) in [4.78, 5) is 12.4. The van der Waals surface area contributed by atoms with E-state index in [1.54, 1.807) is 25.1 Å². The van der Waals surface area contributed by atoms with Gasteiger partial charge in [0, 0.05) is 17.8 Å². The lowest BCUT2D eigenvalue weighted by molar-refractivity contribution is 0.102. The number of carbonyl (C=O) groups excluding carboxylic acids is 1. The first kappa shape index (κ1) is 13.6. The lowest BCUT2D eigenvalue weighted by Crippen LogP contribution is -2.25. The molecule has 4 heteroatoms. The third-order valence-corrected chi connectivity index (χ3v) is 3.85. The molecule has 0 saturated heterocycles. The van der Waals surface area contributed by atoms with Crippen LogP contribution in [0.1, 0.15) is 27.0 Å². The van der Waals surface area contributed by atoms with Crippen LogP contribution in [0, 0.1) is 6.92 Å². The number of aromatic hydroxyl groups is 1. The first-order valence-electron chi connectivity index (χ1n) is 7.07. The summed E-state index contributed by atoms with van der Waals surface area (Å²) in [6.45, 7) is 3.53. The molecule has 0 atom stereocenters. The Morgan fingerprint density at radius 2 is 2.14 bits per heavy atom. The number of hydrogen-bond acceptors (Lipinski definition) is 3. The number of carbonyl (C=O) groups is 1. The molecule has 0 fully saturated rings. The van der Waals surface area contributed by atoms with E-state index in [1.807, 2.05) is 12.1 Å². The molecule has 4 nitrogen and oxygen atoms in total. The number of amides is 1. The third kappa shape index (κ3) is 2.76. The molecule has 1 aliphatic heterocycles. The van der Waals surface area contributed by atoms with E-state index in [0.717, 1.165) is 30.8 Å². The first-order chi connectivity index (χ1) is 10.1. The predicted octanol–water partition coefficient (Wildman–Crippen LogP) is 2.60. The number of aryl methyl sites for hydroxylation is 1. The van der Waals surface area contributed by atoms with Gasteiger partial charge in [0.05, 0.1) is 0 Å². The summed E-state index contributed by atoms with van der Waals surface area (Å²) in [6, 6.07) is 10.9. The fourth-order valence-corrected chi connectivity index (χ4v) is 2.62. The number of phenolic OH excluding ortho intramolecular Hbond substituents is 1. The number of benzene rings is 2. The minimum Gasteiger partial charge on any atom is -0.508 e. The van der Waals surface area contributed by atoms with Crippen LogP contribution >= 0.6 is 0 Å². The molecule has 1 amide bonds. The highest BCUT2D eigenvalue weighted by molar-refractivity contribution is 6.05. The van der Waals surface area contributed by atoms with Crippen molar-refractivity contribution < 1.29 is 9.90 Å². The molecular formula is C17H18N2O2. The van der Waals surface area contributed by atoms with Gasteiger partial charge in [-0.3, -0.25) is 4.79 Å². The summed E-state index contributed by atoms with van der Waals surface area (Å²) in [5.41, 5.74) is 4.54. The van der Waals surface area contributed by atoms with Gasteiger partial charge >= 0.3 is 0 Å². The van der Waals surface area contributed by atoms with Gasteiger partial charge in [-0.2, -0.15) is 0 Å². The summed E-state index contributed by atoms with van der Waals surface area (Å²) in [5, 5.41) is 15.8. The molecule has 0 saturated carbocycles. The van der Waals surface area contributed by atoms with Crippen LogP contribution in [-0.2, 0) is 13.0 Å². The average Bonchev–Trinajstić information content (AvgIpc) is 2.50. The van der Waals surface area contributed by atoms with Gasteiger partial charge in [-0.05, 0) is 60.8 Å². The Kier molecular flexibility index (Phi) is 3.62. The fourth-order valence-electron chi connectivity index (χ4n) is 2.62. The van der Waals surface area contributed by atoms with Gasteiger partial charge in [0.1, 0.15) is 5.75 Å². The average molecular weight is 282 g/mol. The van der Waals surface area contributed by atoms with Gasteiger partial charge in [-0.1, -0.05) is 12.1 Å². The topological polar surface area (TPSA) is 61.4 Å². The molecule has 21 heavy (non-hydrogen) atoms. The van der Waals surface area contributed by atoms with Crippen LogP contribution in [0.15, 0.2) is 36.4 Å². The van der Waals surface area contributed by atoms with Crippen molar-refractivity contribution in [3.8, 4) is 5.75 Å². The van der Waals surface area contributed by atoms with E-state index in [4.69, 9.17) is 0 Å². The monoisotopic (exact) mass is 282 g/mol. The molecule has 0 spiro atoms. The smallest absolute Gasteiger partial charge is 0.255 e. The minimum atomic E-state index is -0.155. The molecule has 0 aliphatic carbocycles. The summed E-state index contributed by atoms with van der Waals surface area (Å²) in [6.07, 6.45) is 0.983. The maximum absolute atomic E-state index is 12.4. The zero-order valence-corrected chi connectivity index (χ0v) is 11.9. The molecule has 3 rings (SSSR count). The van der Waals surface area contributed by atoms with Crippen LogP contribution in [0.5, 0.6) is 5.75 Å². The van der Waals surface area contributed by atoms with Crippen LogP contribution in [0.2, 0.25) is 0 Å². The molecule has 0 bridgehead atoms. The summed E-state index contributed by atoms with van der Waals surface area (Å²) < 4.78 is 0. The van der Waals surface area contributed by atoms with E-state index in [0.29, 0.717) is 11.1 Å². The Hall–Kier alpha value is -2.33. The van der Waals surface area contributed by atoms with Gasteiger partial charge < -0.3 is 15.7 Å². The third-order valence-electron chi connectivity index (χ3n) is 3.85. The molecule has 2 aromatic rings. The fraction of sp³-hybridized carbons (Fsp3) is 0.235. The highest BCUT2D eigenvalue weighted by atomic mass is 16.3. The van der Waals surface area contributed by atoms with E-state index < -0.39 is 0 Å². The second-order valence-corrected chi connectivity index (χ2v) is 5.33. The lowest BCUT2D eigenvalue weighted by atomic mass is 9.99. The molecule has 2 aromatic carbocycles. The van der Waals surface area contributed by atoms with Gasteiger partial charge in [-0.15, -0.1) is 0 Å². The quantitative estimate of drug-likeness (QED) is 0.793. The summed E-state index contributed by atoms with van der Waals surface area (Å²) in [5.74, 6) is 0.0462. The van der Waals surface area contributed by atoms with E-state index in [2.05, 4.69) is 16.7 Å². The van der Waals surface area contributed by atoms with Crippen molar-refractivity contribution in [2.75, 3.05) is 11.9 Å². The first-order valence-corrected chi connectivity index (χ1v) is 7.07. The molecule has 108 valence electrons. The highest BCUT2D eigenvalue weighted by Crippen LogP contribution is 2.24. The zero-order chi connectivity index (χ0) is 14.8. The van der Waals surface area contributed by atoms with Crippen molar-refractivity contribution in [1.82, 2.24) is 5.32 Å². The van der Waals surface area contributed by atoms with Gasteiger partial charge in [-0.25, -0.2) is 0 Å². The van der Waals surface area contributed by atoms with E-state index in [-0.39, 0.29) is 11.7 Å². The van der Waals surface area contributed by atoms with E-state index in [1.165, 1.54) is 5.56 Å². The van der Waals surface area contributed by atoms with Gasteiger partial charge in [0.15, 0.2) is 0 Å². The van der Waals surface area contributed by atoms with Crippen LogP contribution in [0.3, 0.4) is 0 Å². The van der Waals surface area contributed by atoms with E-state index >= 15 is 0 Å². The van der Waals surface area contributed by atoms with Crippen molar-refractivity contribution in [2.24, 2.45) is 0 Å². The minimum absolute atomic E-state index is 0.155. The van der Waals surface area contributed by atoms with Gasteiger partial charge in [0.25, 0.3) is 5.91 Å². The standard InChI is InChI=1S/C17H18N2O2/c1-11-9-13(5-6-16(11)20)17(21)19-15-4-2-3-12-7-8-18-10-14(12)15/h2-6,9,18,20H,7-8,10H2,1H3,(H,19,21). The zero-order valence-electron chi connectivity index (χ0n) is 11.9. The van der Waals surface area contributed by atoms with Crippen LogP contribution in [-0.4, -0.2) is 17.6 Å². The van der Waals surface area contributed by atoms with Gasteiger partial charge in [0.2, 0.25) is 0 Å². The number of fused-ring (bicyclic) bond motifs is 1. The molecule has 1 aliphatic rings. The SMILES string of the molecule is Cc1cc(C(=O)Nc2cccc3c2CNCC3)ccc1O. The number of phenols is 1. The number of nitrogens with one attached hydrogen (secondary N) is 2. The summed E-state index contributed by atoms with van der Waals surface area (Å²) >= 11 is 0. The Labute approximate surface area is 123 Å². The molecule has 0 radical (unpaired) electrons. The van der Waals surface area contributed by atoms with Crippen LogP contribution in [0.25, 0.3) is 0 Å². The second-order valence-electron chi connectivity index (χ2n) is 5.33. The van der Waals surface area contributed by atoms with Crippen molar-refractivity contribution in [2.45, 2.75) is 19.9 Å².